The minimum atomic E-state index is -0.0260. The summed E-state index contributed by atoms with van der Waals surface area (Å²) in [5, 5.41) is 10.4. The number of carbonyl (C=O) groups is 1. The zero-order valence-corrected chi connectivity index (χ0v) is 11.0. The molecule has 18 heavy (non-hydrogen) atoms. The number of amides is 1. The molecule has 0 aliphatic carbocycles. The van der Waals surface area contributed by atoms with Gasteiger partial charge in [-0.25, -0.2) is 0 Å². The van der Waals surface area contributed by atoms with E-state index >= 15 is 0 Å². The Kier molecular flexibility index (Phi) is 4.75. The van der Waals surface area contributed by atoms with Gasteiger partial charge in [0.05, 0.1) is 12.2 Å². The zero-order valence-electron chi connectivity index (χ0n) is 11.0. The molecule has 1 aromatic heterocycles. The number of rotatable bonds is 3. The molecule has 1 atom stereocenters. The smallest absolute Gasteiger partial charge is 0.237 e. The summed E-state index contributed by atoms with van der Waals surface area (Å²) in [5.74, 6) is 0.112. The van der Waals surface area contributed by atoms with Crippen molar-refractivity contribution in [2.75, 3.05) is 6.54 Å². The molecule has 2 heterocycles. The number of hydrogen-bond donors (Lipinski definition) is 2. The van der Waals surface area contributed by atoms with E-state index in [0.717, 1.165) is 24.9 Å². The highest BCUT2D eigenvalue weighted by Gasteiger charge is 2.18. The Hall–Kier alpha value is -1.36. The van der Waals surface area contributed by atoms with Crippen LogP contribution >= 0.6 is 0 Å². The third kappa shape index (κ3) is 3.84. The first-order chi connectivity index (χ1) is 8.75. The van der Waals surface area contributed by atoms with E-state index in [1.165, 1.54) is 19.3 Å². The topological polar surface area (TPSA) is 59.0 Å². The maximum atomic E-state index is 12.0. The molecule has 1 aromatic rings. The fourth-order valence-electron chi connectivity index (χ4n) is 2.30. The highest BCUT2D eigenvalue weighted by Crippen LogP contribution is 2.09. The van der Waals surface area contributed by atoms with Crippen LogP contribution in [0, 0.1) is 0 Å². The van der Waals surface area contributed by atoms with Crippen molar-refractivity contribution in [3.8, 4) is 0 Å². The van der Waals surface area contributed by atoms with Gasteiger partial charge in [0.25, 0.3) is 0 Å². The first-order valence-electron chi connectivity index (χ1n) is 6.74. The Labute approximate surface area is 108 Å². The molecular formula is C13H22N4O. The van der Waals surface area contributed by atoms with Crippen molar-refractivity contribution < 1.29 is 4.79 Å². The third-order valence-corrected chi connectivity index (χ3v) is 3.35. The third-order valence-electron chi connectivity index (χ3n) is 3.35. The van der Waals surface area contributed by atoms with E-state index < -0.39 is 0 Å². The van der Waals surface area contributed by atoms with Crippen LogP contribution in [0.3, 0.4) is 0 Å². The van der Waals surface area contributed by atoms with Gasteiger partial charge < -0.3 is 10.6 Å². The Bertz CT molecular complexity index is 380. The van der Waals surface area contributed by atoms with E-state index in [9.17, 15) is 4.79 Å². The van der Waals surface area contributed by atoms with Gasteiger partial charge in [0.2, 0.25) is 5.91 Å². The van der Waals surface area contributed by atoms with Crippen molar-refractivity contribution in [3.05, 3.63) is 18.0 Å². The molecule has 1 aliphatic rings. The molecule has 1 saturated heterocycles. The monoisotopic (exact) mass is 250 g/mol. The lowest BCUT2D eigenvalue weighted by Crippen LogP contribution is -2.44. The molecule has 0 spiro atoms. The molecule has 1 fully saturated rings. The van der Waals surface area contributed by atoms with Crippen LogP contribution in [0.2, 0.25) is 0 Å². The Morgan fingerprint density at radius 3 is 3.11 bits per heavy atom. The summed E-state index contributed by atoms with van der Waals surface area (Å²) in [6.45, 7) is 1.51. The summed E-state index contributed by atoms with van der Waals surface area (Å²) in [6, 6.07) is -0.0260. The van der Waals surface area contributed by atoms with Gasteiger partial charge in [-0.1, -0.05) is 19.3 Å². The van der Waals surface area contributed by atoms with E-state index in [-0.39, 0.29) is 11.9 Å². The average Bonchev–Trinajstić information content (AvgIpc) is 2.72. The van der Waals surface area contributed by atoms with E-state index in [1.54, 1.807) is 10.9 Å². The van der Waals surface area contributed by atoms with Crippen LogP contribution in [0.5, 0.6) is 0 Å². The molecule has 2 rings (SSSR count). The molecule has 0 saturated carbocycles. The quantitative estimate of drug-likeness (QED) is 0.840. The number of hydrogen-bond acceptors (Lipinski definition) is 3. The lowest BCUT2D eigenvalue weighted by atomic mass is 10.0. The van der Waals surface area contributed by atoms with Crippen LogP contribution in [0.4, 0.5) is 0 Å². The SMILES string of the molecule is Cn1cc(CNC(=O)C2CCCCCCN2)cn1. The van der Waals surface area contributed by atoms with E-state index in [1.807, 2.05) is 13.2 Å². The van der Waals surface area contributed by atoms with E-state index in [2.05, 4.69) is 15.7 Å². The Morgan fingerprint density at radius 1 is 1.50 bits per heavy atom. The fourth-order valence-corrected chi connectivity index (χ4v) is 2.30. The second-order valence-electron chi connectivity index (χ2n) is 4.95. The normalized spacial score (nSPS) is 21.1. The van der Waals surface area contributed by atoms with Crippen molar-refractivity contribution in [2.45, 2.75) is 44.7 Å². The highest BCUT2D eigenvalue weighted by molar-refractivity contribution is 5.81. The van der Waals surface area contributed by atoms with Crippen LogP contribution in [0.25, 0.3) is 0 Å². The molecule has 5 heteroatoms. The van der Waals surface area contributed by atoms with Crippen molar-refractivity contribution in [3.63, 3.8) is 0 Å². The summed E-state index contributed by atoms with van der Waals surface area (Å²) in [6.07, 6.45) is 9.48. The minimum absolute atomic E-state index is 0.0260. The molecule has 1 aliphatic heterocycles. The standard InChI is InChI=1S/C13H22N4O/c1-17-10-11(9-16-17)8-15-13(18)12-6-4-2-3-5-7-14-12/h9-10,12,14H,2-8H2,1H3,(H,15,18). The van der Waals surface area contributed by atoms with Crippen LogP contribution in [-0.2, 0) is 18.4 Å². The minimum Gasteiger partial charge on any atom is -0.351 e. The van der Waals surface area contributed by atoms with Gasteiger partial charge in [-0.05, 0) is 19.4 Å². The molecule has 0 radical (unpaired) electrons. The van der Waals surface area contributed by atoms with Gasteiger partial charge >= 0.3 is 0 Å². The highest BCUT2D eigenvalue weighted by atomic mass is 16.2. The van der Waals surface area contributed by atoms with Gasteiger partial charge in [0.15, 0.2) is 0 Å². The Balaban J connectivity index is 1.79. The Morgan fingerprint density at radius 2 is 2.33 bits per heavy atom. The molecule has 0 bridgehead atoms. The van der Waals surface area contributed by atoms with Crippen molar-refractivity contribution in [1.29, 1.82) is 0 Å². The van der Waals surface area contributed by atoms with E-state index in [0.29, 0.717) is 6.54 Å². The maximum absolute atomic E-state index is 12.0. The molecule has 5 nitrogen and oxygen atoms in total. The van der Waals surface area contributed by atoms with E-state index in [4.69, 9.17) is 0 Å². The molecular weight excluding hydrogens is 228 g/mol. The first kappa shape index (κ1) is 13.1. The molecule has 100 valence electrons. The molecule has 1 amide bonds. The summed E-state index contributed by atoms with van der Waals surface area (Å²) < 4.78 is 1.75. The lowest BCUT2D eigenvalue weighted by molar-refractivity contribution is -0.123. The lowest BCUT2D eigenvalue weighted by Gasteiger charge is -2.20. The predicted molar refractivity (Wildman–Crippen MR) is 69.9 cm³/mol. The van der Waals surface area contributed by atoms with Crippen molar-refractivity contribution >= 4 is 5.91 Å². The van der Waals surface area contributed by atoms with Crippen LogP contribution in [0.1, 0.15) is 37.7 Å². The van der Waals surface area contributed by atoms with Crippen LogP contribution in [-0.4, -0.2) is 28.3 Å². The predicted octanol–water partition coefficient (Wildman–Crippen LogP) is 0.959. The molecule has 0 aromatic carbocycles. The maximum Gasteiger partial charge on any atom is 0.237 e. The average molecular weight is 250 g/mol. The van der Waals surface area contributed by atoms with Gasteiger partial charge in [-0.15, -0.1) is 0 Å². The fraction of sp³-hybridized carbons (Fsp3) is 0.692. The number of carbonyl (C=O) groups excluding carboxylic acids is 1. The zero-order chi connectivity index (χ0) is 12.8. The van der Waals surface area contributed by atoms with Crippen LogP contribution < -0.4 is 10.6 Å². The second kappa shape index (κ2) is 6.54. The summed E-state index contributed by atoms with van der Waals surface area (Å²) in [5.41, 5.74) is 1.04. The first-order valence-corrected chi connectivity index (χ1v) is 6.74. The van der Waals surface area contributed by atoms with Crippen molar-refractivity contribution in [2.24, 2.45) is 7.05 Å². The second-order valence-corrected chi connectivity index (χ2v) is 4.95. The summed E-state index contributed by atoms with van der Waals surface area (Å²) in [7, 11) is 1.88. The number of aryl methyl sites for hydroxylation is 1. The number of nitrogens with zero attached hydrogens (tertiary/aromatic N) is 2. The van der Waals surface area contributed by atoms with Gasteiger partial charge in [-0.2, -0.15) is 5.10 Å². The van der Waals surface area contributed by atoms with Gasteiger partial charge in [-0.3, -0.25) is 9.48 Å². The van der Waals surface area contributed by atoms with Crippen LogP contribution in [0.15, 0.2) is 12.4 Å². The van der Waals surface area contributed by atoms with Crippen molar-refractivity contribution in [1.82, 2.24) is 20.4 Å². The largest absolute Gasteiger partial charge is 0.351 e. The van der Waals surface area contributed by atoms with Gasteiger partial charge in [0, 0.05) is 25.4 Å². The number of aromatic nitrogens is 2. The van der Waals surface area contributed by atoms with Gasteiger partial charge in [0.1, 0.15) is 0 Å². The summed E-state index contributed by atoms with van der Waals surface area (Å²) >= 11 is 0. The summed E-state index contributed by atoms with van der Waals surface area (Å²) in [4.78, 5) is 12.0. The molecule has 1 unspecified atom stereocenters. The number of nitrogens with one attached hydrogen (secondary N) is 2. The molecule has 2 N–H and O–H groups in total.